The normalized spacial score (nSPS) is 14.8. The summed E-state index contributed by atoms with van der Waals surface area (Å²) >= 11 is 0. The van der Waals surface area contributed by atoms with E-state index in [1.165, 1.54) is 44.5 Å². The van der Waals surface area contributed by atoms with Gasteiger partial charge >= 0.3 is 0 Å². The highest BCUT2D eigenvalue weighted by Crippen LogP contribution is 2.63. The van der Waals surface area contributed by atoms with Gasteiger partial charge in [-0.15, -0.1) is 0 Å². The molecule has 0 amide bonds. The zero-order valence-electron chi connectivity index (χ0n) is 14.8. The average molecular weight is 334 g/mol. The lowest BCUT2D eigenvalue weighted by atomic mass is 9.73. The fraction of sp³-hybridized carbons (Fsp3) is 0.120. The zero-order chi connectivity index (χ0) is 17.5. The lowest BCUT2D eigenvalue weighted by molar-refractivity contribution is 0.451. The molecule has 1 heterocycles. The molecule has 0 bridgehead atoms. The first-order chi connectivity index (χ1) is 12.7. The van der Waals surface area contributed by atoms with Crippen molar-refractivity contribution < 1.29 is 4.42 Å². The van der Waals surface area contributed by atoms with Crippen LogP contribution in [0.25, 0.3) is 22.3 Å². The molecule has 1 nitrogen and oxygen atoms in total. The van der Waals surface area contributed by atoms with Crippen molar-refractivity contribution in [3.63, 3.8) is 0 Å². The van der Waals surface area contributed by atoms with Crippen molar-refractivity contribution in [3.05, 3.63) is 107 Å². The standard InChI is InChI=1S/C25H18O/c1-15-16(2)26-24-23(15)19-11-5-8-14-22(19)25(24)20-12-6-3-9-17(20)18-10-4-7-13-21(18)25/h3-14H,1-2H3. The zero-order valence-corrected chi connectivity index (χ0v) is 14.8. The van der Waals surface area contributed by atoms with Crippen LogP contribution in [0.3, 0.4) is 0 Å². The highest BCUT2D eigenvalue weighted by atomic mass is 16.3. The minimum atomic E-state index is -0.335. The van der Waals surface area contributed by atoms with E-state index in [1.54, 1.807) is 0 Å². The monoisotopic (exact) mass is 334 g/mol. The van der Waals surface area contributed by atoms with Gasteiger partial charge in [0.25, 0.3) is 0 Å². The van der Waals surface area contributed by atoms with Gasteiger partial charge in [0, 0.05) is 5.56 Å². The average Bonchev–Trinajstić information content (AvgIpc) is 3.26. The Labute approximate surface area is 152 Å². The van der Waals surface area contributed by atoms with Crippen molar-refractivity contribution in [2.24, 2.45) is 0 Å². The summed E-state index contributed by atoms with van der Waals surface area (Å²) in [5.74, 6) is 2.11. The van der Waals surface area contributed by atoms with Crippen LogP contribution >= 0.6 is 0 Å². The number of fused-ring (bicyclic) bond motifs is 10. The number of hydrogen-bond donors (Lipinski definition) is 0. The van der Waals surface area contributed by atoms with Crippen LogP contribution in [0.1, 0.15) is 33.8 Å². The fourth-order valence-corrected chi connectivity index (χ4v) is 5.14. The molecule has 26 heavy (non-hydrogen) atoms. The van der Waals surface area contributed by atoms with E-state index in [0.29, 0.717) is 0 Å². The summed E-state index contributed by atoms with van der Waals surface area (Å²) in [6.07, 6.45) is 0. The first kappa shape index (κ1) is 14.1. The summed E-state index contributed by atoms with van der Waals surface area (Å²) in [4.78, 5) is 0. The molecule has 0 saturated carbocycles. The van der Waals surface area contributed by atoms with Crippen molar-refractivity contribution in [1.29, 1.82) is 0 Å². The van der Waals surface area contributed by atoms with E-state index in [0.717, 1.165) is 11.5 Å². The number of rotatable bonds is 0. The third kappa shape index (κ3) is 1.37. The van der Waals surface area contributed by atoms with Gasteiger partial charge in [-0.1, -0.05) is 72.8 Å². The first-order valence-electron chi connectivity index (χ1n) is 9.14. The highest BCUT2D eigenvalue weighted by Gasteiger charge is 2.54. The van der Waals surface area contributed by atoms with E-state index in [-0.39, 0.29) is 5.41 Å². The van der Waals surface area contributed by atoms with Gasteiger partial charge in [0.05, 0.1) is 0 Å². The molecule has 2 aliphatic carbocycles. The maximum atomic E-state index is 6.49. The van der Waals surface area contributed by atoms with Gasteiger partial charge in [-0.2, -0.15) is 0 Å². The van der Waals surface area contributed by atoms with Crippen LogP contribution in [0.2, 0.25) is 0 Å². The molecule has 124 valence electrons. The summed E-state index contributed by atoms with van der Waals surface area (Å²) in [6, 6.07) is 26.4. The van der Waals surface area contributed by atoms with Gasteiger partial charge in [-0.05, 0) is 52.8 Å². The Morgan fingerprint density at radius 1 is 0.615 bits per heavy atom. The van der Waals surface area contributed by atoms with Crippen molar-refractivity contribution >= 4 is 0 Å². The largest absolute Gasteiger partial charge is 0.464 e. The molecule has 3 aromatic carbocycles. The maximum absolute atomic E-state index is 6.49. The number of benzene rings is 3. The quantitative estimate of drug-likeness (QED) is 0.320. The summed E-state index contributed by atoms with van der Waals surface area (Å²) < 4.78 is 6.49. The van der Waals surface area contributed by atoms with Crippen LogP contribution in [0.5, 0.6) is 0 Å². The molecule has 0 unspecified atom stereocenters. The SMILES string of the molecule is Cc1oc2c(c1C)-c1ccccc1C21c2ccccc2-c2ccccc21. The minimum absolute atomic E-state index is 0.335. The number of hydrogen-bond acceptors (Lipinski definition) is 1. The highest BCUT2D eigenvalue weighted by molar-refractivity contribution is 5.94. The molecule has 0 saturated heterocycles. The van der Waals surface area contributed by atoms with E-state index in [9.17, 15) is 0 Å². The van der Waals surface area contributed by atoms with Gasteiger partial charge in [0.2, 0.25) is 0 Å². The lowest BCUT2D eigenvalue weighted by Gasteiger charge is -2.28. The summed E-state index contributed by atoms with van der Waals surface area (Å²) in [5.41, 5.74) is 10.2. The molecule has 0 fully saturated rings. The Kier molecular flexibility index (Phi) is 2.48. The van der Waals surface area contributed by atoms with Gasteiger partial charge < -0.3 is 4.42 Å². The summed E-state index contributed by atoms with van der Waals surface area (Å²) in [7, 11) is 0. The van der Waals surface area contributed by atoms with Crippen LogP contribution in [-0.4, -0.2) is 0 Å². The van der Waals surface area contributed by atoms with Crippen molar-refractivity contribution in [2.75, 3.05) is 0 Å². The predicted octanol–water partition coefficient (Wildman–Crippen LogP) is 6.24. The third-order valence-corrected chi connectivity index (χ3v) is 6.28. The molecule has 1 spiro atoms. The molecule has 0 N–H and O–H groups in total. The Morgan fingerprint density at radius 2 is 1.08 bits per heavy atom. The lowest BCUT2D eigenvalue weighted by Crippen LogP contribution is -2.25. The molecule has 1 heteroatoms. The number of furan rings is 1. The van der Waals surface area contributed by atoms with Gasteiger partial charge in [0.15, 0.2) is 0 Å². The van der Waals surface area contributed by atoms with Gasteiger partial charge in [-0.25, -0.2) is 0 Å². The Balaban J connectivity index is 1.89. The third-order valence-electron chi connectivity index (χ3n) is 6.28. The number of aryl methyl sites for hydroxylation is 1. The van der Waals surface area contributed by atoms with Crippen LogP contribution in [0.4, 0.5) is 0 Å². The van der Waals surface area contributed by atoms with Crippen molar-refractivity contribution in [2.45, 2.75) is 19.3 Å². The van der Waals surface area contributed by atoms with E-state index in [1.807, 2.05) is 0 Å². The fourth-order valence-electron chi connectivity index (χ4n) is 5.14. The molecule has 0 radical (unpaired) electrons. The molecular weight excluding hydrogens is 316 g/mol. The van der Waals surface area contributed by atoms with Crippen LogP contribution in [-0.2, 0) is 5.41 Å². The molecule has 0 aliphatic heterocycles. The van der Waals surface area contributed by atoms with Gasteiger partial charge in [-0.3, -0.25) is 0 Å². The van der Waals surface area contributed by atoms with Crippen LogP contribution < -0.4 is 0 Å². The molecule has 1 aromatic heterocycles. The van der Waals surface area contributed by atoms with E-state index < -0.39 is 0 Å². The molecule has 0 atom stereocenters. The Bertz CT molecular complexity index is 1160. The Morgan fingerprint density at radius 3 is 1.65 bits per heavy atom. The molecule has 2 aliphatic rings. The smallest absolute Gasteiger partial charge is 0.131 e. The van der Waals surface area contributed by atoms with Crippen LogP contribution in [0, 0.1) is 13.8 Å². The van der Waals surface area contributed by atoms with E-state index >= 15 is 0 Å². The van der Waals surface area contributed by atoms with Crippen molar-refractivity contribution in [1.82, 2.24) is 0 Å². The second-order valence-electron chi connectivity index (χ2n) is 7.37. The van der Waals surface area contributed by atoms with E-state index in [4.69, 9.17) is 4.42 Å². The molecular formula is C25H18O. The molecule has 4 aromatic rings. The van der Waals surface area contributed by atoms with Crippen molar-refractivity contribution in [3.8, 4) is 22.3 Å². The second-order valence-corrected chi connectivity index (χ2v) is 7.37. The first-order valence-corrected chi connectivity index (χ1v) is 9.14. The summed E-state index contributed by atoms with van der Waals surface area (Å²) in [6.45, 7) is 4.26. The molecule has 6 rings (SSSR count). The van der Waals surface area contributed by atoms with Crippen LogP contribution in [0.15, 0.2) is 77.2 Å². The minimum Gasteiger partial charge on any atom is -0.464 e. The predicted molar refractivity (Wildman–Crippen MR) is 104 cm³/mol. The summed E-state index contributed by atoms with van der Waals surface area (Å²) in [5, 5.41) is 0. The second kappa shape index (κ2) is 4.56. The topological polar surface area (TPSA) is 13.1 Å². The van der Waals surface area contributed by atoms with E-state index in [2.05, 4.69) is 86.6 Å². The Hall–Kier alpha value is -3.06. The van der Waals surface area contributed by atoms with Gasteiger partial charge in [0.1, 0.15) is 16.9 Å². The maximum Gasteiger partial charge on any atom is 0.131 e.